The van der Waals surface area contributed by atoms with E-state index in [1.165, 1.54) is 28.7 Å². The van der Waals surface area contributed by atoms with Crippen molar-refractivity contribution < 1.29 is 9.90 Å². The van der Waals surface area contributed by atoms with Crippen molar-refractivity contribution in [3.8, 4) is 0 Å². The number of rotatable bonds is 6. The predicted molar refractivity (Wildman–Crippen MR) is 82.1 cm³/mol. The van der Waals surface area contributed by atoms with E-state index in [2.05, 4.69) is 28.5 Å². The van der Waals surface area contributed by atoms with Gasteiger partial charge < -0.3 is 10.4 Å². The molecule has 20 heavy (non-hydrogen) atoms. The quantitative estimate of drug-likeness (QED) is 0.797. The van der Waals surface area contributed by atoms with Crippen LogP contribution >= 0.6 is 23.1 Å². The van der Waals surface area contributed by atoms with Gasteiger partial charge in [-0.2, -0.15) is 0 Å². The molecule has 0 saturated carbocycles. The van der Waals surface area contributed by atoms with E-state index in [1.807, 2.05) is 19.1 Å². The van der Waals surface area contributed by atoms with E-state index in [-0.39, 0.29) is 5.75 Å². The molecule has 2 N–H and O–H groups in total. The van der Waals surface area contributed by atoms with Gasteiger partial charge in [0.2, 0.25) is 5.13 Å². The zero-order chi connectivity index (χ0) is 14.5. The normalized spacial score (nSPS) is 10.5. The van der Waals surface area contributed by atoms with Crippen LogP contribution in [0.4, 0.5) is 10.8 Å². The average molecular weight is 309 g/mol. The van der Waals surface area contributed by atoms with Gasteiger partial charge in [0.1, 0.15) is 0 Å². The van der Waals surface area contributed by atoms with Crippen LogP contribution < -0.4 is 5.32 Å². The third-order valence-corrected chi connectivity index (χ3v) is 4.65. The second-order valence-corrected chi connectivity index (χ2v) is 6.34. The van der Waals surface area contributed by atoms with Crippen LogP contribution in [0.2, 0.25) is 0 Å². The summed E-state index contributed by atoms with van der Waals surface area (Å²) >= 11 is 2.54. The molecule has 0 aliphatic carbocycles. The van der Waals surface area contributed by atoms with E-state index >= 15 is 0 Å². The van der Waals surface area contributed by atoms with Crippen molar-refractivity contribution in [1.29, 1.82) is 0 Å². The van der Waals surface area contributed by atoms with Gasteiger partial charge in [-0.1, -0.05) is 48.2 Å². The number of thioether (sulfide) groups is 1. The van der Waals surface area contributed by atoms with Crippen LogP contribution in [-0.4, -0.2) is 27.0 Å². The maximum absolute atomic E-state index is 10.5. The molecule has 1 aromatic carbocycles. The van der Waals surface area contributed by atoms with Gasteiger partial charge in [0.05, 0.1) is 5.75 Å². The van der Waals surface area contributed by atoms with Crippen molar-refractivity contribution >= 4 is 39.9 Å². The highest BCUT2D eigenvalue weighted by molar-refractivity contribution is 8.01. The molecule has 0 fully saturated rings. The average Bonchev–Trinajstić information content (AvgIpc) is 2.86. The lowest BCUT2D eigenvalue weighted by atomic mass is 10.1. The molecule has 0 atom stereocenters. The van der Waals surface area contributed by atoms with Crippen molar-refractivity contribution in [2.24, 2.45) is 0 Å². The Labute approximate surface area is 125 Å². The van der Waals surface area contributed by atoms with Crippen molar-refractivity contribution in [2.45, 2.75) is 24.6 Å². The molecule has 0 spiro atoms. The van der Waals surface area contributed by atoms with Crippen molar-refractivity contribution in [3.63, 3.8) is 0 Å². The molecule has 0 bridgehead atoms. The molecule has 2 rings (SSSR count). The molecule has 0 aliphatic rings. The van der Waals surface area contributed by atoms with Gasteiger partial charge in [0.15, 0.2) is 4.34 Å². The smallest absolute Gasteiger partial charge is 0.313 e. The Hall–Kier alpha value is -1.60. The number of hydrogen-bond acceptors (Lipinski definition) is 6. The van der Waals surface area contributed by atoms with E-state index in [4.69, 9.17) is 5.11 Å². The number of nitrogens with zero attached hydrogens (tertiary/aromatic N) is 2. The summed E-state index contributed by atoms with van der Waals surface area (Å²) in [5.74, 6) is -0.856. The molecule has 1 heterocycles. The molecule has 2 aromatic rings. The summed E-state index contributed by atoms with van der Waals surface area (Å²) in [5.41, 5.74) is 3.43. The molecule has 0 amide bonds. The highest BCUT2D eigenvalue weighted by Crippen LogP contribution is 2.30. The Balaban J connectivity index is 2.12. The molecule has 0 unspecified atom stereocenters. The number of nitrogens with one attached hydrogen (secondary N) is 1. The molecule has 5 nitrogen and oxygen atoms in total. The number of aliphatic carboxylic acids is 1. The summed E-state index contributed by atoms with van der Waals surface area (Å²) in [6.07, 6.45) is 0.934. The second-order valence-electron chi connectivity index (χ2n) is 4.14. The minimum absolute atomic E-state index is 0.000786. The summed E-state index contributed by atoms with van der Waals surface area (Å²) in [6, 6.07) is 6.16. The number of hydrogen-bond donors (Lipinski definition) is 2. The SMILES string of the molecule is CCc1cccc(C)c1Nc1nnc(SCC(=O)O)s1. The van der Waals surface area contributed by atoms with Crippen LogP contribution in [0.5, 0.6) is 0 Å². The first-order valence-electron chi connectivity index (χ1n) is 6.13. The Morgan fingerprint density at radius 3 is 2.95 bits per heavy atom. The zero-order valence-electron chi connectivity index (χ0n) is 11.2. The first kappa shape index (κ1) is 14.8. The van der Waals surface area contributed by atoms with E-state index in [9.17, 15) is 4.79 Å². The summed E-state index contributed by atoms with van der Waals surface area (Å²) in [7, 11) is 0. The Morgan fingerprint density at radius 2 is 2.25 bits per heavy atom. The Kier molecular flexibility index (Phi) is 4.97. The third kappa shape index (κ3) is 3.71. The fourth-order valence-corrected chi connectivity index (χ4v) is 3.23. The number of carboxylic acids is 1. The molecule has 1 aromatic heterocycles. The summed E-state index contributed by atoms with van der Waals surface area (Å²) in [4.78, 5) is 10.5. The largest absolute Gasteiger partial charge is 0.481 e. The fraction of sp³-hybridized carbons (Fsp3) is 0.308. The lowest BCUT2D eigenvalue weighted by molar-refractivity contribution is -0.133. The molecule has 7 heteroatoms. The van der Waals surface area contributed by atoms with Gasteiger partial charge in [-0.25, -0.2) is 0 Å². The minimum Gasteiger partial charge on any atom is -0.481 e. The predicted octanol–water partition coefficient (Wildman–Crippen LogP) is 3.33. The number of para-hydroxylation sites is 1. The summed E-state index contributed by atoms with van der Waals surface area (Å²) in [5, 5.41) is 20.6. The second kappa shape index (κ2) is 6.71. The lowest BCUT2D eigenvalue weighted by Gasteiger charge is -2.11. The standard InChI is InChI=1S/C13H15N3O2S2/c1-3-9-6-4-5-8(2)11(9)14-12-15-16-13(20-12)19-7-10(17)18/h4-6H,3,7H2,1-2H3,(H,14,15)(H,17,18). The van der Waals surface area contributed by atoms with Crippen molar-refractivity contribution in [1.82, 2.24) is 10.2 Å². The van der Waals surface area contributed by atoms with E-state index < -0.39 is 5.97 Å². The van der Waals surface area contributed by atoms with E-state index in [0.717, 1.165) is 17.7 Å². The number of carboxylic acid groups (broad SMARTS) is 1. The summed E-state index contributed by atoms with van der Waals surface area (Å²) in [6.45, 7) is 4.15. The van der Waals surface area contributed by atoms with E-state index in [1.54, 1.807) is 0 Å². The molecule has 0 radical (unpaired) electrons. The van der Waals surface area contributed by atoms with Crippen LogP contribution in [-0.2, 0) is 11.2 Å². The highest BCUT2D eigenvalue weighted by atomic mass is 32.2. The van der Waals surface area contributed by atoms with Crippen molar-refractivity contribution in [2.75, 3.05) is 11.1 Å². The number of carbonyl (C=O) groups is 1. The molecular weight excluding hydrogens is 294 g/mol. The van der Waals surface area contributed by atoms with Crippen molar-refractivity contribution in [3.05, 3.63) is 29.3 Å². The third-order valence-electron chi connectivity index (χ3n) is 2.70. The molecule has 106 valence electrons. The molecular formula is C13H15N3O2S2. The van der Waals surface area contributed by atoms with Gasteiger partial charge in [-0.05, 0) is 24.5 Å². The number of anilines is 2. The fourth-order valence-electron chi connectivity index (χ4n) is 1.75. The zero-order valence-corrected chi connectivity index (χ0v) is 12.8. The first-order chi connectivity index (χ1) is 9.60. The topological polar surface area (TPSA) is 75.1 Å². The maximum Gasteiger partial charge on any atom is 0.313 e. The number of benzene rings is 1. The lowest BCUT2D eigenvalue weighted by Crippen LogP contribution is -1.97. The van der Waals surface area contributed by atoms with Crippen LogP contribution in [0, 0.1) is 6.92 Å². The van der Waals surface area contributed by atoms with Crippen LogP contribution in [0.15, 0.2) is 22.5 Å². The van der Waals surface area contributed by atoms with Crippen LogP contribution in [0.1, 0.15) is 18.1 Å². The molecule has 0 aliphatic heterocycles. The monoisotopic (exact) mass is 309 g/mol. The Bertz CT molecular complexity index is 613. The maximum atomic E-state index is 10.5. The highest BCUT2D eigenvalue weighted by Gasteiger charge is 2.10. The Morgan fingerprint density at radius 1 is 1.45 bits per heavy atom. The molecule has 0 saturated heterocycles. The first-order valence-corrected chi connectivity index (χ1v) is 7.94. The van der Waals surface area contributed by atoms with Crippen LogP contribution in [0.3, 0.4) is 0 Å². The number of aryl methyl sites for hydroxylation is 2. The van der Waals surface area contributed by atoms with Gasteiger partial charge in [0, 0.05) is 5.69 Å². The van der Waals surface area contributed by atoms with Gasteiger partial charge in [0.25, 0.3) is 0 Å². The van der Waals surface area contributed by atoms with Gasteiger partial charge >= 0.3 is 5.97 Å². The number of aromatic nitrogens is 2. The minimum atomic E-state index is -0.855. The van der Waals surface area contributed by atoms with Crippen LogP contribution in [0.25, 0.3) is 0 Å². The van der Waals surface area contributed by atoms with E-state index in [0.29, 0.717) is 9.47 Å². The summed E-state index contributed by atoms with van der Waals surface area (Å²) < 4.78 is 0.654. The van der Waals surface area contributed by atoms with Gasteiger partial charge in [-0.3, -0.25) is 4.79 Å². The van der Waals surface area contributed by atoms with Gasteiger partial charge in [-0.15, -0.1) is 10.2 Å².